The second-order valence-corrected chi connectivity index (χ2v) is 6.16. The number of nitrogens with one attached hydrogen (secondary N) is 1. The first kappa shape index (κ1) is 17.5. The molecule has 0 aliphatic carbocycles. The van der Waals surface area contributed by atoms with Crippen LogP contribution in [0.5, 0.6) is 0 Å². The Morgan fingerprint density at radius 1 is 1.16 bits per heavy atom. The number of furan rings is 1. The summed E-state index contributed by atoms with van der Waals surface area (Å²) in [4.78, 5) is 14.4. The van der Waals surface area contributed by atoms with Crippen LogP contribution in [0.4, 0.5) is 0 Å². The average molecular weight is 340 g/mol. The molecule has 132 valence electrons. The average Bonchev–Trinajstić information content (AvgIpc) is 3.05. The number of nitrogens with zero attached hydrogens (tertiary/aromatic N) is 1. The molecule has 0 saturated carbocycles. The molecule has 0 atom stereocenters. The van der Waals surface area contributed by atoms with Gasteiger partial charge in [-0.15, -0.1) is 0 Å². The van der Waals surface area contributed by atoms with Crippen LogP contribution in [-0.4, -0.2) is 37.1 Å². The van der Waals surface area contributed by atoms with E-state index in [-0.39, 0.29) is 5.91 Å². The number of benzene rings is 1. The van der Waals surface area contributed by atoms with E-state index in [2.05, 4.69) is 22.3 Å². The lowest BCUT2D eigenvalue weighted by molar-refractivity contribution is -0.116. The third-order valence-electron chi connectivity index (χ3n) is 4.23. The van der Waals surface area contributed by atoms with E-state index >= 15 is 0 Å². The predicted octanol–water partition coefficient (Wildman–Crippen LogP) is 2.75. The lowest BCUT2D eigenvalue weighted by Crippen LogP contribution is -2.36. The van der Waals surface area contributed by atoms with E-state index in [1.165, 1.54) is 11.6 Å². The van der Waals surface area contributed by atoms with Crippen molar-refractivity contribution in [2.45, 2.75) is 20.0 Å². The molecule has 1 amide bonds. The Morgan fingerprint density at radius 3 is 2.64 bits per heavy atom. The molecule has 0 unspecified atom stereocenters. The molecular weight excluding hydrogens is 316 g/mol. The lowest BCUT2D eigenvalue weighted by Gasteiger charge is -2.27. The van der Waals surface area contributed by atoms with E-state index in [0.717, 1.165) is 44.2 Å². The lowest BCUT2D eigenvalue weighted by atomic mass is 10.1. The zero-order valence-electron chi connectivity index (χ0n) is 14.5. The van der Waals surface area contributed by atoms with Gasteiger partial charge >= 0.3 is 0 Å². The van der Waals surface area contributed by atoms with Crippen LogP contribution in [0.1, 0.15) is 22.6 Å². The molecule has 0 spiro atoms. The number of aryl methyl sites for hydroxylation is 1. The predicted molar refractivity (Wildman–Crippen MR) is 96.9 cm³/mol. The van der Waals surface area contributed by atoms with E-state index in [1.807, 2.05) is 31.2 Å². The fraction of sp³-hybridized carbons (Fsp3) is 0.350. The van der Waals surface area contributed by atoms with Crippen molar-refractivity contribution in [3.05, 3.63) is 65.1 Å². The highest BCUT2D eigenvalue weighted by atomic mass is 16.5. The van der Waals surface area contributed by atoms with E-state index in [4.69, 9.17) is 9.15 Å². The molecule has 1 aliphatic heterocycles. The quantitative estimate of drug-likeness (QED) is 0.822. The van der Waals surface area contributed by atoms with Crippen molar-refractivity contribution in [2.75, 3.05) is 26.3 Å². The van der Waals surface area contributed by atoms with Gasteiger partial charge in [0.2, 0.25) is 5.91 Å². The zero-order valence-corrected chi connectivity index (χ0v) is 14.5. The molecule has 1 saturated heterocycles. The van der Waals surface area contributed by atoms with E-state index in [9.17, 15) is 4.79 Å². The highest BCUT2D eigenvalue weighted by molar-refractivity contribution is 5.91. The Labute approximate surface area is 148 Å². The number of carbonyl (C=O) groups excluding carboxylic acids is 1. The van der Waals surface area contributed by atoms with Crippen molar-refractivity contribution in [3.8, 4) is 0 Å². The van der Waals surface area contributed by atoms with E-state index in [1.54, 1.807) is 6.08 Å². The van der Waals surface area contributed by atoms with Gasteiger partial charge in [0.05, 0.1) is 13.2 Å². The molecule has 1 N–H and O–H groups in total. The van der Waals surface area contributed by atoms with Crippen LogP contribution in [-0.2, 0) is 22.6 Å². The number of hydrogen-bond donors (Lipinski definition) is 1. The topological polar surface area (TPSA) is 54.7 Å². The Bertz CT molecular complexity index is 730. The van der Waals surface area contributed by atoms with Crippen LogP contribution >= 0.6 is 0 Å². The summed E-state index contributed by atoms with van der Waals surface area (Å²) in [7, 11) is 0. The Balaban J connectivity index is 1.55. The van der Waals surface area contributed by atoms with Crippen molar-refractivity contribution in [1.29, 1.82) is 0 Å². The first-order valence-corrected chi connectivity index (χ1v) is 8.60. The first-order chi connectivity index (χ1) is 12.2. The van der Waals surface area contributed by atoms with E-state index in [0.29, 0.717) is 12.3 Å². The highest BCUT2D eigenvalue weighted by Crippen LogP contribution is 2.13. The maximum Gasteiger partial charge on any atom is 0.244 e. The first-order valence-electron chi connectivity index (χ1n) is 8.60. The monoisotopic (exact) mass is 340 g/mol. The van der Waals surface area contributed by atoms with Crippen molar-refractivity contribution in [1.82, 2.24) is 10.2 Å². The summed E-state index contributed by atoms with van der Waals surface area (Å²) in [6, 6.07) is 12.0. The SMILES string of the molecule is Cc1ccc(/C=C\C(=O)NCc2ccccc2CN2CCOCC2)o1. The molecule has 5 nitrogen and oxygen atoms in total. The third-order valence-corrected chi connectivity index (χ3v) is 4.23. The van der Waals surface area contributed by atoms with Crippen LogP contribution in [0, 0.1) is 6.92 Å². The second kappa shape index (κ2) is 8.65. The van der Waals surface area contributed by atoms with Gasteiger partial charge in [0.1, 0.15) is 11.5 Å². The maximum atomic E-state index is 12.0. The Hall–Kier alpha value is -2.37. The largest absolute Gasteiger partial charge is 0.462 e. The molecule has 25 heavy (non-hydrogen) atoms. The Kier molecular flexibility index (Phi) is 6.04. The molecular formula is C20H24N2O3. The minimum atomic E-state index is -0.129. The second-order valence-electron chi connectivity index (χ2n) is 6.16. The van der Waals surface area contributed by atoms with Gasteiger partial charge in [0.25, 0.3) is 0 Å². The fourth-order valence-electron chi connectivity index (χ4n) is 2.83. The number of hydrogen-bond acceptors (Lipinski definition) is 4. The van der Waals surface area contributed by atoms with Gasteiger partial charge < -0.3 is 14.5 Å². The zero-order chi connectivity index (χ0) is 17.5. The van der Waals surface area contributed by atoms with Crippen LogP contribution in [0.3, 0.4) is 0 Å². The summed E-state index contributed by atoms with van der Waals surface area (Å²) < 4.78 is 10.8. The van der Waals surface area contributed by atoms with Gasteiger partial charge in [-0.2, -0.15) is 0 Å². The van der Waals surface area contributed by atoms with Crippen molar-refractivity contribution >= 4 is 12.0 Å². The number of morpholine rings is 1. The number of ether oxygens (including phenoxy) is 1. The van der Waals surface area contributed by atoms with Gasteiger partial charge in [-0.1, -0.05) is 24.3 Å². The molecule has 3 rings (SSSR count). The maximum absolute atomic E-state index is 12.0. The summed E-state index contributed by atoms with van der Waals surface area (Å²) in [6.07, 6.45) is 3.19. The van der Waals surface area contributed by atoms with Crippen LogP contribution in [0.25, 0.3) is 6.08 Å². The summed E-state index contributed by atoms with van der Waals surface area (Å²) in [5, 5.41) is 2.94. The van der Waals surface area contributed by atoms with Gasteiger partial charge in [-0.25, -0.2) is 0 Å². The van der Waals surface area contributed by atoms with Gasteiger partial charge in [-0.05, 0) is 36.3 Å². The van der Waals surface area contributed by atoms with Crippen LogP contribution in [0.15, 0.2) is 46.9 Å². The highest BCUT2D eigenvalue weighted by Gasteiger charge is 2.12. The molecule has 0 radical (unpaired) electrons. The Morgan fingerprint density at radius 2 is 1.92 bits per heavy atom. The molecule has 1 aliphatic rings. The summed E-state index contributed by atoms with van der Waals surface area (Å²) in [5.41, 5.74) is 2.39. The smallest absolute Gasteiger partial charge is 0.244 e. The number of carbonyl (C=O) groups is 1. The van der Waals surface area contributed by atoms with Crippen LogP contribution < -0.4 is 5.32 Å². The molecule has 2 heterocycles. The normalized spacial score (nSPS) is 15.6. The van der Waals surface area contributed by atoms with Crippen LogP contribution in [0.2, 0.25) is 0 Å². The van der Waals surface area contributed by atoms with Crippen molar-refractivity contribution in [3.63, 3.8) is 0 Å². The minimum absolute atomic E-state index is 0.129. The number of amides is 1. The summed E-state index contributed by atoms with van der Waals surface area (Å²) >= 11 is 0. The molecule has 5 heteroatoms. The summed E-state index contributed by atoms with van der Waals surface area (Å²) in [6.45, 7) is 6.75. The van der Waals surface area contributed by atoms with Crippen molar-refractivity contribution < 1.29 is 13.9 Å². The third kappa shape index (κ3) is 5.31. The fourth-order valence-corrected chi connectivity index (χ4v) is 2.83. The summed E-state index contributed by atoms with van der Waals surface area (Å²) in [5.74, 6) is 1.38. The van der Waals surface area contributed by atoms with E-state index < -0.39 is 0 Å². The standard InChI is InChI=1S/C20H24N2O3/c1-16-6-7-19(25-16)8-9-20(23)21-14-17-4-2-3-5-18(17)15-22-10-12-24-13-11-22/h2-9H,10-15H2,1H3,(H,21,23)/b9-8-. The minimum Gasteiger partial charge on any atom is -0.462 e. The molecule has 2 aromatic rings. The molecule has 1 aromatic carbocycles. The van der Waals surface area contributed by atoms with Gasteiger partial charge in [-0.3, -0.25) is 9.69 Å². The molecule has 1 aromatic heterocycles. The molecule has 1 fully saturated rings. The van der Waals surface area contributed by atoms with Gasteiger partial charge in [0.15, 0.2) is 0 Å². The number of rotatable bonds is 6. The van der Waals surface area contributed by atoms with Crippen molar-refractivity contribution in [2.24, 2.45) is 0 Å². The van der Waals surface area contributed by atoms with Gasteiger partial charge in [0, 0.05) is 32.3 Å². The molecule has 0 bridgehead atoms.